The molecule has 0 fully saturated rings. The summed E-state index contributed by atoms with van der Waals surface area (Å²) in [6.07, 6.45) is 2.46. The Balaban J connectivity index is 2.87. The lowest BCUT2D eigenvalue weighted by molar-refractivity contribution is 0.499. The first-order valence-corrected chi connectivity index (χ1v) is 7.27. The van der Waals surface area contributed by atoms with E-state index in [1.807, 2.05) is 19.2 Å². The van der Waals surface area contributed by atoms with Gasteiger partial charge in [0.25, 0.3) is 0 Å². The second-order valence-electron chi connectivity index (χ2n) is 4.07. The average molecular weight is 268 g/mol. The van der Waals surface area contributed by atoms with Crippen LogP contribution < -0.4 is 5.32 Å². The van der Waals surface area contributed by atoms with Crippen LogP contribution >= 0.6 is 0 Å². The van der Waals surface area contributed by atoms with Gasteiger partial charge in [0.1, 0.15) is 0 Å². The maximum atomic E-state index is 12.1. The van der Waals surface area contributed by atoms with Crippen LogP contribution in [0.25, 0.3) is 0 Å². The van der Waals surface area contributed by atoms with E-state index in [2.05, 4.69) is 11.9 Å². The molecule has 1 aromatic rings. The summed E-state index contributed by atoms with van der Waals surface area (Å²) in [5, 5.41) is 3.06. The summed E-state index contributed by atoms with van der Waals surface area (Å²) >= 11 is 0. The van der Waals surface area contributed by atoms with Crippen LogP contribution in [0, 0.1) is 0 Å². The molecule has 0 aliphatic carbocycles. The van der Waals surface area contributed by atoms with E-state index in [-0.39, 0.29) is 0 Å². The van der Waals surface area contributed by atoms with Crippen LogP contribution in [-0.2, 0) is 16.4 Å². The smallest absolute Gasteiger partial charge is 0.243 e. The van der Waals surface area contributed by atoms with Gasteiger partial charge in [-0.15, -0.1) is 6.58 Å². The highest BCUT2D eigenvalue weighted by molar-refractivity contribution is 7.89. The van der Waals surface area contributed by atoms with E-state index in [9.17, 15) is 8.42 Å². The Morgan fingerprint density at radius 1 is 1.33 bits per heavy atom. The van der Waals surface area contributed by atoms with Gasteiger partial charge in [-0.05, 0) is 37.7 Å². The third-order valence-corrected chi connectivity index (χ3v) is 4.52. The molecule has 0 spiro atoms. The summed E-state index contributed by atoms with van der Waals surface area (Å²) in [5.74, 6) is 0. The Labute approximate surface area is 109 Å². The van der Waals surface area contributed by atoms with Gasteiger partial charge in [-0.25, -0.2) is 8.42 Å². The molecule has 5 heteroatoms. The number of hydrogen-bond acceptors (Lipinski definition) is 3. The number of nitrogens with zero attached hydrogens (tertiary/aromatic N) is 1. The van der Waals surface area contributed by atoms with Gasteiger partial charge in [-0.1, -0.05) is 18.2 Å². The second kappa shape index (κ2) is 6.68. The first-order chi connectivity index (χ1) is 8.52. The van der Waals surface area contributed by atoms with Gasteiger partial charge in [0.15, 0.2) is 0 Å². The molecule has 1 N–H and O–H groups in total. The van der Waals surface area contributed by atoms with E-state index >= 15 is 0 Å². The lowest BCUT2D eigenvalue weighted by Gasteiger charge is -2.15. The average Bonchev–Trinajstić information content (AvgIpc) is 2.37. The van der Waals surface area contributed by atoms with Crippen LogP contribution in [0.3, 0.4) is 0 Å². The maximum Gasteiger partial charge on any atom is 0.243 e. The van der Waals surface area contributed by atoms with Crippen molar-refractivity contribution in [1.29, 1.82) is 0 Å². The zero-order valence-corrected chi connectivity index (χ0v) is 11.7. The van der Waals surface area contributed by atoms with Gasteiger partial charge >= 0.3 is 0 Å². The van der Waals surface area contributed by atoms with Crippen LogP contribution in [0.15, 0.2) is 41.8 Å². The number of nitrogens with one attached hydrogen (secondary N) is 1. The molecule has 0 saturated carbocycles. The lowest BCUT2D eigenvalue weighted by Crippen LogP contribution is -2.26. The number of benzene rings is 1. The fraction of sp³-hybridized carbons (Fsp3) is 0.385. The molecule has 1 aromatic carbocycles. The summed E-state index contributed by atoms with van der Waals surface area (Å²) < 4.78 is 25.5. The lowest BCUT2D eigenvalue weighted by atomic mass is 10.1. The van der Waals surface area contributed by atoms with Crippen molar-refractivity contribution in [3.8, 4) is 0 Å². The van der Waals surface area contributed by atoms with E-state index in [4.69, 9.17) is 0 Å². The normalized spacial score (nSPS) is 11.7. The molecule has 0 saturated heterocycles. The predicted octanol–water partition coefficient (Wildman–Crippen LogP) is 1.25. The highest BCUT2D eigenvalue weighted by Crippen LogP contribution is 2.15. The van der Waals surface area contributed by atoms with Crippen molar-refractivity contribution in [1.82, 2.24) is 9.62 Å². The molecule has 0 aromatic heterocycles. The molecule has 0 heterocycles. The number of sulfonamides is 1. The molecule has 0 aliphatic rings. The van der Waals surface area contributed by atoms with Gasteiger partial charge in [0.05, 0.1) is 4.90 Å². The van der Waals surface area contributed by atoms with E-state index in [0.717, 1.165) is 18.5 Å². The van der Waals surface area contributed by atoms with Gasteiger partial charge < -0.3 is 5.32 Å². The Morgan fingerprint density at radius 2 is 1.94 bits per heavy atom. The van der Waals surface area contributed by atoms with Gasteiger partial charge in [0.2, 0.25) is 10.0 Å². The molecule has 0 amide bonds. The molecule has 0 radical (unpaired) electrons. The highest BCUT2D eigenvalue weighted by atomic mass is 32.2. The molecule has 0 aliphatic heterocycles. The summed E-state index contributed by atoms with van der Waals surface area (Å²) in [6, 6.07) is 7.01. The summed E-state index contributed by atoms with van der Waals surface area (Å²) in [4.78, 5) is 0.319. The minimum absolute atomic E-state index is 0.309. The summed E-state index contributed by atoms with van der Waals surface area (Å²) in [5.41, 5.74) is 1.12. The van der Waals surface area contributed by atoms with Crippen molar-refractivity contribution < 1.29 is 8.42 Å². The van der Waals surface area contributed by atoms with E-state index in [0.29, 0.717) is 11.4 Å². The zero-order chi connectivity index (χ0) is 13.6. The third-order valence-electron chi connectivity index (χ3n) is 2.68. The number of likely N-dealkylation sites (N-methyl/N-ethyl adjacent to an activating group) is 2. The largest absolute Gasteiger partial charge is 0.319 e. The first kappa shape index (κ1) is 14.9. The predicted molar refractivity (Wildman–Crippen MR) is 74.1 cm³/mol. The fourth-order valence-corrected chi connectivity index (χ4v) is 2.70. The van der Waals surface area contributed by atoms with E-state index < -0.39 is 10.0 Å². The Hall–Kier alpha value is -1.17. The molecule has 4 nitrogen and oxygen atoms in total. The quantitative estimate of drug-likeness (QED) is 0.757. The summed E-state index contributed by atoms with van der Waals surface area (Å²) in [6.45, 7) is 4.73. The Kier molecular flexibility index (Phi) is 5.53. The van der Waals surface area contributed by atoms with Crippen LogP contribution in [0.1, 0.15) is 5.56 Å². The van der Waals surface area contributed by atoms with Crippen molar-refractivity contribution in [3.63, 3.8) is 0 Å². The molecule has 100 valence electrons. The van der Waals surface area contributed by atoms with Crippen molar-refractivity contribution in [2.24, 2.45) is 0 Å². The molecule has 1 rings (SSSR count). The number of hydrogen-bond donors (Lipinski definition) is 1. The van der Waals surface area contributed by atoms with Crippen LogP contribution in [0.4, 0.5) is 0 Å². The molecule has 0 bridgehead atoms. The molecule has 0 unspecified atom stereocenters. The monoisotopic (exact) mass is 268 g/mol. The molecular weight excluding hydrogens is 248 g/mol. The highest BCUT2D eigenvalue weighted by Gasteiger charge is 2.18. The minimum Gasteiger partial charge on any atom is -0.319 e. The number of rotatable bonds is 7. The molecule has 0 atom stereocenters. The Morgan fingerprint density at radius 3 is 2.44 bits per heavy atom. The topological polar surface area (TPSA) is 49.4 Å². The van der Waals surface area contributed by atoms with Crippen molar-refractivity contribution in [3.05, 3.63) is 42.5 Å². The first-order valence-electron chi connectivity index (χ1n) is 5.83. The Bertz CT molecular complexity index is 480. The van der Waals surface area contributed by atoms with Gasteiger partial charge in [0, 0.05) is 13.6 Å². The van der Waals surface area contributed by atoms with E-state index in [1.165, 1.54) is 4.31 Å². The van der Waals surface area contributed by atoms with Crippen molar-refractivity contribution in [2.75, 3.05) is 27.2 Å². The molecule has 18 heavy (non-hydrogen) atoms. The van der Waals surface area contributed by atoms with Crippen LogP contribution in [-0.4, -0.2) is 39.9 Å². The third kappa shape index (κ3) is 3.66. The second-order valence-corrected chi connectivity index (χ2v) is 6.12. The minimum atomic E-state index is -3.39. The summed E-state index contributed by atoms with van der Waals surface area (Å²) in [7, 11) is 0.0475. The van der Waals surface area contributed by atoms with Crippen LogP contribution in [0.5, 0.6) is 0 Å². The van der Waals surface area contributed by atoms with Gasteiger partial charge in [-0.3, -0.25) is 0 Å². The van der Waals surface area contributed by atoms with E-state index in [1.54, 1.807) is 25.3 Å². The SMILES string of the molecule is C=CCN(C)S(=O)(=O)c1ccc(CCNC)cc1. The van der Waals surface area contributed by atoms with Crippen molar-refractivity contribution >= 4 is 10.0 Å². The standard InChI is InChI=1S/C13H20N2O2S/c1-4-11-15(3)18(16,17)13-7-5-12(6-8-13)9-10-14-2/h4-8,14H,1,9-11H2,2-3H3. The maximum absolute atomic E-state index is 12.1. The van der Waals surface area contributed by atoms with Crippen molar-refractivity contribution in [2.45, 2.75) is 11.3 Å². The fourth-order valence-electron chi connectivity index (χ4n) is 1.56. The zero-order valence-electron chi connectivity index (χ0n) is 10.9. The van der Waals surface area contributed by atoms with Gasteiger partial charge in [-0.2, -0.15) is 4.31 Å². The van der Waals surface area contributed by atoms with Crippen LogP contribution in [0.2, 0.25) is 0 Å². The molecular formula is C13H20N2O2S.